The lowest BCUT2D eigenvalue weighted by molar-refractivity contribution is 0.462. The summed E-state index contributed by atoms with van der Waals surface area (Å²) in [6.07, 6.45) is 0. The molecule has 0 saturated carbocycles. The average Bonchev–Trinajstić information content (AvgIpc) is 3.16. The van der Waals surface area contributed by atoms with E-state index in [2.05, 4.69) is 30.5 Å². The first kappa shape index (κ1) is 17.9. The van der Waals surface area contributed by atoms with Crippen LogP contribution in [0.25, 0.3) is 11.5 Å². The number of benzene rings is 2. The van der Waals surface area contributed by atoms with Crippen LogP contribution in [0.15, 0.2) is 64.2 Å². The fourth-order valence-corrected chi connectivity index (χ4v) is 2.96. The van der Waals surface area contributed by atoms with Crippen molar-refractivity contribution in [2.45, 2.75) is 11.0 Å². The summed E-state index contributed by atoms with van der Waals surface area (Å²) in [5.74, 6) is 0.900. The predicted molar refractivity (Wildman–Crippen MR) is 103 cm³/mol. The molecule has 28 heavy (non-hydrogen) atoms. The summed E-state index contributed by atoms with van der Waals surface area (Å²) in [4.78, 5) is 12.5. The molecule has 8 nitrogen and oxygen atoms in total. The van der Waals surface area contributed by atoms with Gasteiger partial charge in [0.05, 0.1) is 11.3 Å². The summed E-state index contributed by atoms with van der Waals surface area (Å²) < 4.78 is 19.3. The second-order valence-electron chi connectivity index (χ2n) is 5.57. The number of thioether (sulfide) groups is 1. The summed E-state index contributed by atoms with van der Waals surface area (Å²) in [7, 11) is 0. The molecule has 4 rings (SSSR count). The van der Waals surface area contributed by atoms with Crippen LogP contribution >= 0.6 is 11.8 Å². The zero-order chi connectivity index (χ0) is 19.3. The standard InChI is InChI=1S/C18H14FN7OS/c19-13-9-5-4-8-12(13)15-25-26-18(27-15)28-10-14-22-16(20)24-17(23-14)21-11-6-2-1-3-7-11/h1-9H,10H2,(H3,20,21,22,23,24). The average molecular weight is 395 g/mol. The minimum Gasteiger partial charge on any atom is -0.411 e. The third-order valence-corrected chi connectivity index (χ3v) is 4.38. The molecule has 140 valence electrons. The summed E-state index contributed by atoms with van der Waals surface area (Å²) in [6, 6.07) is 15.7. The van der Waals surface area contributed by atoms with E-state index in [1.807, 2.05) is 30.3 Å². The summed E-state index contributed by atoms with van der Waals surface area (Å²) in [5.41, 5.74) is 6.86. The Bertz CT molecular complexity index is 1090. The van der Waals surface area contributed by atoms with Crippen LogP contribution in [0.5, 0.6) is 0 Å². The van der Waals surface area contributed by atoms with Gasteiger partial charge in [0.1, 0.15) is 11.6 Å². The maximum Gasteiger partial charge on any atom is 0.277 e. The molecule has 0 atom stereocenters. The fourth-order valence-electron chi connectivity index (χ4n) is 2.35. The molecule has 2 heterocycles. The first-order valence-corrected chi connectivity index (χ1v) is 9.19. The molecule has 0 amide bonds. The first-order valence-electron chi connectivity index (χ1n) is 8.21. The van der Waals surface area contributed by atoms with E-state index >= 15 is 0 Å². The van der Waals surface area contributed by atoms with Crippen molar-refractivity contribution in [3.05, 3.63) is 66.2 Å². The van der Waals surface area contributed by atoms with Gasteiger partial charge in [0.25, 0.3) is 11.1 Å². The van der Waals surface area contributed by atoms with Crippen LogP contribution in [0.4, 0.5) is 22.0 Å². The summed E-state index contributed by atoms with van der Waals surface area (Å²) >= 11 is 1.22. The quantitative estimate of drug-likeness (QED) is 0.472. The molecule has 0 bridgehead atoms. The Morgan fingerprint density at radius 2 is 1.75 bits per heavy atom. The van der Waals surface area contributed by atoms with Crippen LogP contribution in [0.1, 0.15) is 5.82 Å². The van der Waals surface area contributed by atoms with Crippen molar-refractivity contribution < 1.29 is 8.81 Å². The molecule has 0 unspecified atom stereocenters. The van der Waals surface area contributed by atoms with E-state index in [0.29, 0.717) is 17.5 Å². The van der Waals surface area contributed by atoms with Crippen molar-refractivity contribution in [2.24, 2.45) is 0 Å². The molecule has 0 aliphatic carbocycles. The number of rotatable bonds is 6. The largest absolute Gasteiger partial charge is 0.411 e. The maximum atomic E-state index is 13.8. The van der Waals surface area contributed by atoms with Crippen LogP contribution in [0.2, 0.25) is 0 Å². The van der Waals surface area contributed by atoms with Crippen LogP contribution in [0.3, 0.4) is 0 Å². The number of hydrogen-bond acceptors (Lipinski definition) is 9. The Balaban J connectivity index is 1.46. The van der Waals surface area contributed by atoms with E-state index in [1.54, 1.807) is 18.2 Å². The van der Waals surface area contributed by atoms with Crippen LogP contribution < -0.4 is 11.1 Å². The molecule has 0 aliphatic rings. The Hall–Kier alpha value is -3.53. The smallest absolute Gasteiger partial charge is 0.277 e. The zero-order valence-corrected chi connectivity index (χ0v) is 15.2. The van der Waals surface area contributed by atoms with E-state index in [-0.39, 0.29) is 22.6 Å². The SMILES string of the molecule is Nc1nc(CSc2nnc(-c3ccccc3F)o2)nc(Nc2ccccc2)n1. The number of anilines is 3. The highest BCUT2D eigenvalue weighted by Gasteiger charge is 2.14. The highest BCUT2D eigenvalue weighted by Crippen LogP contribution is 2.26. The van der Waals surface area contributed by atoms with Crippen molar-refractivity contribution >= 4 is 29.3 Å². The van der Waals surface area contributed by atoms with E-state index in [4.69, 9.17) is 10.2 Å². The van der Waals surface area contributed by atoms with Gasteiger partial charge in [0.15, 0.2) is 0 Å². The molecule has 0 aliphatic heterocycles. The lowest BCUT2D eigenvalue weighted by atomic mass is 10.2. The number of nitrogens with two attached hydrogens (primary N) is 1. The number of hydrogen-bond donors (Lipinski definition) is 2. The predicted octanol–water partition coefficient (Wildman–Crippen LogP) is 3.68. The van der Waals surface area contributed by atoms with Gasteiger partial charge in [-0.2, -0.15) is 15.0 Å². The monoisotopic (exact) mass is 395 g/mol. The molecular formula is C18H14FN7OS. The molecule has 3 N–H and O–H groups in total. The fraction of sp³-hybridized carbons (Fsp3) is 0.0556. The van der Waals surface area contributed by atoms with Crippen molar-refractivity contribution in [2.75, 3.05) is 11.1 Å². The van der Waals surface area contributed by atoms with Gasteiger partial charge < -0.3 is 15.5 Å². The normalized spacial score (nSPS) is 10.8. The molecule has 2 aromatic carbocycles. The van der Waals surface area contributed by atoms with Crippen molar-refractivity contribution in [3.8, 4) is 11.5 Å². The third kappa shape index (κ3) is 4.23. The van der Waals surface area contributed by atoms with Gasteiger partial charge in [-0.3, -0.25) is 0 Å². The molecule has 0 fully saturated rings. The molecule has 10 heteroatoms. The minimum atomic E-state index is -0.426. The van der Waals surface area contributed by atoms with Gasteiger partial charge >= 0.3 is 0 Å². The Morgan fingerprint density at radius 3 is 2.57 bits per heavy atom. The topological polar surface area (TPSA) is 116 Å². The molecule has 0 saturated heterocycles. The van der Waals surface area contributed by atoms with Gasteiger partial charge in [-0.1, -0.05) is 42.1 Å². The molecular weight excluding hydrogens is 381 g/mol. The third-order valence-electron chi connectivity index (χ3n) is 3.56. The van der Waals surface area contributed by atoms with E-state index in [1.165, 1.54) is 17.8 Å². The van der Waals surface area contributed by atoms with Gasteiger partial charge in [0, 0.05) is 5.69 Å². The van der Waals surface area contributed by atoms with Gasteiger partial charge in [-0.05, 0) is 24.3 Å². The van der Waals surface area contributed by atoms with E-state index in [0.717, 1.165) is 5.69 Å². The number of halogens is 1. The highest BCUT2D eigenvalue weighted by atomic mass is 32.2. The lowest BCUT2D eigenvalue weighted by Crippen LogP contribution is -2.06. The van der Waals surface area contributed by atoms with Crippen molar-refractivity contribution in [1.29, 1.82) is 0 Å². The van der Waals surface area contributed by atoms with E-state index in [9.17, 15) is 4.39 Å². The number of para-hydroxylation sites is 1. The maximum absolute atomic E-state index is 13.8. The van der Waals surface area contributed by atoms with Crippen LogP contribution in [-0.2, 0) is 5.75 Å². The van der Waals surface area contributed by atoms with Crippen LogP contribution in [0, 0.1) is 5.82 Å². The highest BCUT2D eigenvalue weighted by molar-refractivity contribution is 7.98. The summed E-state index contributed by atoms with van der Waals surface area (Å²) in [6.45, 7) is 0. The Morgan fingerprint density at radius 1 is 0.964 bits per heavy atom. The van der Waals surface area contributed by atoms with Crippen molar-refractivity contribution in [1.82, 2.24) is 25.1 Å². The molecule has 0 radical (unpaired) electrons. The molecule has 0 spiro atoms. The second-order valence-corrected chi connectivity index (χ2v) is 6.49. The zero-order valence-electron chi connectivity index (χ0n) is 14.4. The van der Waals surface area contributed by atoms with Crippen LogP contribution in [-0.4, -0.2) is 25.1 Å². The summed E-state index contributed by atoms with van der Waals surface area (Å²) in [5, 5.41) is 11.1. The van der Waals surface area contributed by atoms with Gasteiger partial charge in [-0.25, -0.2) is 4.39 Å². The number of nitrogen functional groups attached to an aromatic ring is 1. The van der Waals surface area contributed by atoms with E-state index < -0.39 is 5.82 Å². The minimum absolute atomic E-state index is 0.0987. The Kier molecular flexibility index (Phi) is 5.11. The second kappa shape index (κ2) is 8.01. The van der Waals surface area contributed by atoms with Gasteiger partial charge in [0.2, 0.25) is 11.9 Å². The number of nitrogens with zero attached hydrogens (tertiary/aromatic N) is 5. The number of nitrogens with one attached hydrogen (secondary N) is 1. The molecule has 4 aromatic rings. The van der Waals surface area contributed by atoms with Gasteiger partial charge in [-0.15, -0.1) is 10.2 Å². The first-order chi connectivity index (χ1) is 13.7. The van der Waals surface area contributed by atoms with Crippen molar-refractivity contribution in [3.63, 3.8) is 0 Å². The molecule has 2 aromatic heterocycles. The number of aromatic nitrogens is 5. The lowest BCUT2D eigenvalue weighted by Gasteiger charge is -2.06. The Labute approximate surface area is 163 Å².